The highest BCUT2D eigenvalue weighted by molar-refractivity contribution is 5.94. The van der Waals surface area contributed by atoms with Crippen LogP contribution in [-0.4, -0.2) is 54.7 Å². The molecule has 1 atom stereocenters. The van der Waals surface area contributed by atoms with E-state index in [0.717, 1.165) is 56.6 Å². The minimum Gasteiger partial charge on any atom is -0.396 e. The fraction of sp³-hybridized carbons (Fsp3) is 0.500. The third-order valence-electron chi connectivity index (χ3n) is 6.87. The second-order valence-electron chi connectivity index (χ2n) is 9.21. The van der Waals surface area contributed by atoms with Gasteiger partial charge in [0, 0.05) is 56.6 Å². The number of amides is 1. The maximum absolute atomic E-state index is 13.7. The van der Waals surface area contributed by atoms with E-state index in [9.17, 15) is 14.3 Å². The van der Waals surface area contributed by atoms with Crippen LogP contribution in [0.1, 0.15) is 47.2 Å². The fourth-order valence-corrected chi connectivity index (χ4v) is 4.75. The normalized spacial score (nSPS) is 19.9. The lowest BCUT2D eigenvalue weighted by atomic mass is 9.98. The minimum absolute atomic E-state index is 0.0603. The molecule has 1 unspecified atom stereocenters. The first-order valence-electron chi connectivity index (χ1n) is 11.8. The van der Waals surface area contributed by atoms with E-state index < -0.39 is 0 Å². The zero-order valence-electron chi connectivity index (χ0n) is 18.9. The minimum atomic E-state index is -0.144. The summed E-state index contributed by atoms with van der Waals surface area (Å²) in [7, 11) is 0. The SMILES string of the molecule is Cc1ccc(CNC2CCN(c3ccc(C(=O)N4CCCC(CO)C4)cc3)CC2)cc1F. The standard InChI is InChI=1S/C26H34FN3O2/c1-19-4-5-20(15-25(19)27)16-28-23-10-13-29(14-11-23)24-8-6-22(7-9-24)26(32)30-12-2-3-21(17-30)18-31/h4-9,15,21,23,28,31H,2-3,10-14,16-18H2,1H3. The number of hydrogen-bond donors (Lipinski definition) is 2. The Bertz CT molecular complexity index is 910. The Labute approximate surface area is 190 Å². The molecule has 2 aliphatic rings. The van der Waals surface area contributed by atoms with Gasteiger partial charge < -0.3 is 20.2 Å². The van der Waals surface area contributed by atoms with Crippen LogP contribution in [0.15, 0.2) is 42.5 Å². The number of carbonyl (C=O) groups excluding carboxylic acids is 1. The molecule has 0 bridgehead atoms. The number of halogens is 1. The van der Waals surface area contributed by atoms with Gasteiger partial charge in [-0.05, 0) is 80.0 Å². The molecule has 2 N–H and O–H groups in total. The Balaban J connectivity index is 1.26. The predicted octanol–water partition coefficient (Wildman–Crippen LogP) is 3.74. The fourth-order valence-electron chi connectivity index (χ4n) is 4.75. The van der Waals surface area contributed by atoms with Crippen LogP contribution < -0.4 is 10.2 Å². The topological polar surface area (TPSA) is 55.8 Å². The summed E-state index contributed by atoms with van der Waals surface area (Å²) in [5.41, 5.74) is 3.52. The smallest absolute Gasteiger partial charge is 0.253 e. The number of benzene rings is 2. The van der Waals surface area contributed by atoms with Gasteiger partial charge in [0.2, 0.25) is 0 Å². The van der Waals surface area contributed by atoms with E-state index >= 15 is 0 Å². The van der Waals surface area contributed by atoms with Crippen molar-refractivity contribution in [2.75, 3.05) is 37.7 Å². The molecule has 2 heterocycles. The molecule has 172 valence electrons. The average molecular weight is 440 g/mol. The van der Waals surface area contributed by atoms with Gasteiger partial charge in [0.15, 0.2) is 0 Å². The van der Waals surface area contributed by atoms with Crippen LogP contribution in [0.3, 0.4) is 0 Å². The Hall–Kier alpha value is -2.44. The van der Waals surface area contributed by atoms with E-state index in [2.05, 4.69) is 10.2 Å². The number of hydrogen-bond acceptors (Lipinski definition) is 4. The molecule has 2 saturated heterocycles. The van der Waals surface area contributed by atoms with Crippen molar-refractivity contribution in [1.82, 2.24) is 10.2 Å². The predicted molar refractivity (Wildman–Crippen MR) is 125 cm³/mol. The molecule has 32 heavy (non-hydrogen) atoms. The van der Waals surface area contributed by atoms with Gasteiger partial charge in [0.1, 0.15) is 5.82 Å². The van der Waals surface area contributed by atoms with Crippen LogP contribution in [0, 0.1) is 18.7 Å². The third kappa shape index (κ3) is 5.48. The van der Waals surface area contributed by atoms with Crippen LogP contribution in [0.25, 0.3) is 0 Å². The molecule has 6 heteroatoms. The molecule has 2 aromatic carbocycles. The molecule has 4 rings (SSSR count). The van der Waals surface area contributed by atoms with E-state index in [1.807, 2.05) is 41.3 Å². The highest BCUT2D eigenvalue weighted by atomic mass is 19.1. The number of carbonyl (C=O) groups is 1. The number of piperidine rings is 2. The average Bonchev–Trinajstić information content (AvgIpc) is 2.85. The zero-order valence-corrected chi connectivity index (χ0v) is 18.9. The van der Waals surface area contributed by atoms with Crippen LogP contribution in [0.2, 0.25) is 0 Å². The number of rotatable bonds is 6. The first-order valence-corrected chi connectivity index (χ1v) is 11.8. The van der Waals surface area contributed by atoms with Crippen molar-refractivity contribution in [3.8, 4) is 0 Å². The Morgan fingerprint density at radius 2 is 1.84 bits per heavy atom. The van der Waals surface area contributed by atoms with Gasteiger partial charge in [-0.25, -0.2) is 4.39 Å². The zero-order chi connectivity index (χ0) is 22.5. The van der Waals surface area contributed by atoms with Gasteiger partial charge in [-0.2, -0.15) is 0 Å². The van der Waals surface area contributed by atoms with E-state index in [1.54, 1.807) is 13.0 Å². The van der Waals surface area contributed by atoms with Gasteiger partial charge in [-0.3, -0.25) is 4.79 Å². The molecule has 0 aliphatic carbocycles. The molecular weight excluding hydrogens is 405 g/mol. The lowest BCUT2D eigenvalue weighted by Crippen LogP contribution is -2.42. The van der Waals surface area contributed by atoms with Crippen LogP contribution in [-0.2, 0) is 6.54 Å². The lowest BCUT2D eigenvalue weighted by molar-refractivity contribution is 0.0620. The largest absolute Gasteiger partial charge is 0.396 e. The highest BCUT2D eigenvalue weighted by Crippen LogP contribution is 2.23. The van der Waals surface area contributed by atoms with Crippen molar-refractivity contribution < 1.29 is 14.3 Å². The molecule has 2 fully saturated rings. The van der Waals surface area contributed by atoms with E-state index in [0.29, 0.717) is 30.3 Å². The molecule has 2 aliphatic heterocycles. The van der Waals surface area contributed by atoms with E-state index in [1.165, 1.54) is 0 Å². The summed E-state index contributed by atoms with van der Waals surface area (Å²) in [6.45, 7) is 5.95. The van der Waals surface area contributed by atoms with Crippen molar-refractivity contribution in [3.63, 3.8) is 0 Å². The van der Waals surface area contributed by atoms with Gasteiger partial charge in [-0.1, -0.05) is 12.1 Å². The summed E-state index contributed by atoms with van der Waals surface area (Å²) < 4.78 is 13.7. The number of aliphatic hydroxyl groups is 1. The summed E-state index contributed by atoms with van der Waals surface area (Å²) in [6.07, 6.45) is 4.01. The molecule has 0 spiro atoms. The lowest BCUT2D eigenvalue weighted by Gasteiger charge is -2.34. The van der Waals surface area contributed by atoms with Crippen molar-refractivity contribution in [2.24, 2.45) is 5.92 Å². The summed E-state index contributed by atoms with van der Waals surface area (Å²) in [5.74, 6) is 0.117. The van der Waals surface area contributed by atoms with Gasteiger partial charge in [0.25, 0.3) is 5.91 Å². The van der Waals surface area contributed by atoms with Gasteiger partial charge in [0.05, 0.1) is 0 Å². The molecule has 1 amide bonds. The van der Waals surface area contributed by atoms with Crippen molar-refractivity contribution in [1.29, 1.82) is 0 Å². The Morgan fingerprint density at radius 1 is 1.09 bits per heavy atom. The summed E-state index contributed by atoms with van der Waals surface area (Å²) in [4.78, 5) is 17.1. The number of aliphatic hydroxyl groups excluding tert-OH is 1. The molecule has 0 aromatic heterocycles. The molecule has 0 saturated carbocycles. The number of nitrogens with zero attached hydrogens (tertiary/aromatic N) is 2. The first-order chi connectivity index (χ1) is 15.5. The van der Waals surface area contributed by atoms with Crippen molar-refractivity contribution in [2.45, 2.75) is 45.2 Å². The third-order valence-corrected chi connectivity index (χ3v) is 6.87. The van der Waals surface area contributed by atoms with Crippen molar-refractivity contribution in [3.05, 3.63) is 65.0 Å². The van der Waals surface area contributed by atoms with E-state index in [-0.39, 0.29) is 24.2 Å². The first kappa shape index (κ1) is 22.7. The maximum atomic E-state index is 13.7. The van der Waals surface area contributed by atoms with E-state index in [4.69, 9.17) is 0 Å². The number of nitrogens with one attached hydrogen (secondary N) is 1. The summed E-state index contributed by atoms with van der Waals surface area (Å²) in [5, 5.41) is 13.0. The summed E-state index contributed by atoms with van der Waals surface area (Å²) >= 11 is 0. The Morgan fingerprint density at radius 3 is 2.53 bits per heavy atom. The number of anilines is 1. The van der Waals surface area contributed by atoms with Crippen LogP contribution >= 0.6 is 0 Å². The molecule has 2 aromatic rings. The van der Waals surface area contributed by atoms with Gasteiger partial charge in [-0.15, -0.1) is 0 Å². The maximum Gasteiger partial charge on any atom is 0.253 e. The monoisotopic (exact) mass is 439 g/mol. The Kier molecular flexibility index (Phi) is 7.43. The second-order valence-corrected chi connectivity index (χ2v) is 9.21. The number of likely N-dealkylation sites (tertiary alicyclic amines) is 1. The second kappa shape index (κ2) is 10.5. The highest BCUT2D eigenvalue weighted by Gasteiger charge is 2.24. The quantitative estimate of drug-likeness (QED) is 0.720. The molecule has 0 radical (unpaired) electrons. The molecule has 5 nitrogen and oxygen atoms in total. The van der Waals surface area contributed by atoms with Crippen LogP contribution in [0.5, 0.6) is 0 Å². The molecular formula is C26H34FN3O2. The summed E-state index contributed by atoms with van der Waals surface area (Å²) in [6, 6.07) is 13.8. The number of aryl methyl sites for hydroxylation is 1. The van der Waals surface area contributed by atoms with Crippen molar-refractivity contribution >= 4 is 11.6 Å². The van der Waals surface area contributed by atoms with Gasteiger partial charge >= 0.3 is 0 Å². The van der Waals surface area contributed by atoms with Crippen LogP contribution in [0.4, 0.5) is 10.1 Å².